The first-order valence-electron chi connectivity index (χ1n) is 7.70. The highest BCUT2D eigenvalue weighted by molar-refractivity contribution is 7.13. The number of aromatic nitrogens is 2. The van der Waals surface area contributed by atoms with Gasteiger partial charge in [0.25, 0.3) is 0 Å². The lowest BCUT2D eigenvalue weighted by atomic mass is 10.0. The summed E-state index contributed by atoms with van der Waals surface area (Å²) in [5.41, 5.74) is 9.23. The summed E-state index contributed by atoms with van der Waals surface area (Å²) < 4.78 is 5.65. The van der Waals surface area contributed by atoms with Crippen LogP contribution >= 0.6 is 11.3 Å². The monoisotopic (exact) mass is 315 g/mol. The summed E-state index contributed by atoms with van der Waals surface area (Å²) in [6, 6.07) is 6.23. The van der Waals surface area contributed by atoms with E-state index < -0.39 is 0 Å². The fourth-order valence-corrected chi connectivity index (χ4v) is 3.38. The highest BCUT2D eigenvalue weighted by atomic mass is 32.1. The van der Waals surface area contributed by atoms with Gasteiger partial charge in [-0.05, 0) is 56.5 Å². The van der Waals surface area contributed by atoms with Crippen LogP contribution in [0.15, 0.2) is 29.8 Å². The lowest BCUT2D eigenvalue weighted by Crippen LogP contribution is -1.99. The molecule has 2 heterocycles. The summed E-state index contributed by atoms with van der Waals surface area (Å²) in [6.07, 6.45) is 4.97. The molecule has 0 amide bonds. The van der Waals surface area contributed by atoms with Gasteiger partial charge in [0.15, 0.2) is 0 Å². The van der Waals surface area contributed by atoms with Crippen LogP contribution in [0.4, 0.5) is 0 Å². The Hall–Kier alpha value is -1.85. The van der Waals surface area contributed by atoms with Crippen molar-refractivity contribution in [1.29, 1.82) is 0 Å². The minimum absolute atomic E-state index is 0.678. The Morgan fingerprint density at radius 2 is 2.23 bits per heavy atom. The topological polar surface area (TPSA) is 63.9 Å². The molecule has 1 aromatic carbocycles. The zero-order chi connectivity index (χ0) is 15.4. The van der Waals surface area contributed by atoms with Crippen molar-refractivity contribution in [1.82, 2.24) is 9.97 Å². The fourth-order valence-electron chi connectivity index (χ4n) is 2.72. The molecular formula is C17H21N3OS. The molecule has 0 bridgehead atoms. The maximum Gasteiger partial charge on any atom is 0.139 e. The third-order valence-electron chi connectivity index (χ3n) is 3.72. The average molecular weight is 315 g/mol. The summed E-state index contributed by atoms with van der Waals surface area (Å²) in [4.78, 5) is 7.98. The molecule has 5 heteroatoms. The molecule has 2 aromatic heterocycles. The number of benzene rings is 1. The predicted octanol–water partition coefficient (Wildman–Crippen LogP) is 3.97. The number of nitrogens with zero attached hydrogens (tertiary/aromatic N) is 1. The molecule has 0 fully saturated rings. The lowest BCUT2D eigenvalue weighted by Gasteiger charge is -2.05. The standard InChI is InChI=1S/C17H21N3OS/c1-2-21-12-6-7-15-14(11-12)13(5-3-4-8-18)16(20-15)17-19-9-10-22-17/h6-7,9-11,20H,2-5,8,18H2,1H3. The molecule has 0 aliphatic heterocycles. The van der Waals surface area contributed by atoms with E-state index in [9.17, 15) is 0 Å². The molecule has 0 aliphatic rings. The van der Waals surface area contributed by atoms with Crippen LogP contribution in [0, 0.1) is 0 Å². The largest absolute Gasteiger partial charge is 0.494 e. The number of unbranched alkanes of at least 4 members (excludes halogenated alkanes) is 1. The minimum atomic E-state index is 0.678. The SMILES string of the molecule is CCOc1ccc2[nH]c(-c3nccs3)c(CCCCN)c2c1. The van der Waals surface area contributed by atoms with Crippen molar-refractivity contribution in [2.45, 2.75) is 26.2 Å². The number of nitrogens with two attached hydrogens (primary N) is 1. The van der Waals surface area contributed by atoms with Gasteiger partial charge in [0.05, 0.1) is 12.3 Å². The first kappa shape index (κ1) is 15.1. The summed E-state index contributed by atoms with van der Waals surface area (Å²) in [5.74, 6) is 0.916. The van der Waals surface area contributed by atoms with Crippen molar-refractivity contribution in [3.63, 3.8) is 0 Å². The average Bonchev–Trinajstić information content (AvgIpc) is 3.15. The van der Waals surface area contributed by atoms with E-state index in [1.807, 2.05) is 24.6 Å². The van der Waals surface area contributed by atoms with E-state index in [0.717, 1.165) is 47.8 Å². The van der Waals surface area contributed by atoms with Crippen LogP contribution < -0.4 is 10.5 Å². The summed E-state index contributed by atoms with van der Waals surface area (Å²) >= 11 is 1.66. The van der Waals surface area contributed by atoms with Gasteiger partial charge in [-0.25, -0.2) is 4.98 Å². The highest BCUT2D eigenvalue weighted by Gasteiger charge is 2.15. The molecule has 22 heavy (non-hydrogen) atoms. The zero-order valence-corrected chi connectivity index (χ0v) is 13.6. The van der Waals surface area contributed by atoms with E-state index in [1.54, 1.807) is 11.3 Å². The number of aromatic amines is 1. The Morgan fingerprint density at radius 3 is 2.95 bits per heavy atom. The van der Waals surface area contributed by atoms with Crippen molar-refractivity contribution < 1.29 is 4.74 Å². The number of ether oxygens (including phenoxy) is 1. The Labute approximate surface area is 134 Å². The first-order valence-corrected chi connectivity index (χ1v) is 8.58. The number of hydrogen-bond acceptors (Lipinski definition) is 4. The van der Waals surface area contributed by atoms with E-state index in [4.69, 9.17) is 10.5 Å². The number of fused-ring (bicyclic) bond motifs is 1. The summed E-state index contributed by atoms with van der Waals surface area (Å²) in [7, 11) is 0. The molecule has 0 radical (unpaired) electrons. The van der Waals surface area contributed by atoms with Crippen LogP contribution in [-0.4, -0.2) is 23.1 Å². The normalized spacial score (nSPS) is 11.2. The van der Waals surface area contributed by atoms with Crippen molar-refractivity contribution in [2.24, 2.45) is 5.73 Å². The van der Waals surface area contributed by atoms with E-state index in [-0.39, 0.29) is 0 Å². The molecule has 0 unspecified atom stereocenters. The van der Waals surface area contributed by atoms with E-state index in [2.05, 4.69) is 22.1 Å². The molecule has 0 aliphatic carbocycles. The van der Waals surface area contributed by atoms with Gasteiger partial charge in [0.1, 0.15) is 10.8 Å². The molecular weight excluding hydrogens is 294 g/mol. The molecule has 3 rings (SSSR count). The summed E-state index contributed by atoms with van der Waals surface area (Å²) in [6.45, 7) is 3.42. The number of hydrogen-bond donors (Lipinski definition) is 2. The van der Waals surface area contributed by atoms with Gasteiger partial charge < -0.3 is 15.5 Å². The van der Waals surface area contributed by atoms with Crippen LogP contribution in [0.25, 0.3) is 21.6 Å². The molecule has 116 valence electrons. The Balaban J connectivity index is 2.06. The van der Waals surface area contributed by atoms with Gasteiger partial charge in [0.2, 0.25) is 0 Å². The van der Waals surface area contributed by atoms with Gasteiger partial charge >= 0.3 is 0 Å². The van der Waals surface area contributed by atoms with E-state index in [1.165, 1.54) is 10.9 Å². The zero-order valence-electron chi connectivity index (χ0n) is 12.8. The van der Waals surface area contributed by atoms with Crippen molar-refractivity contribution in [2.75, 3.05) is 13.2 Å². The Morgan fingerprint density at radius 1 is 1.32 bits per heavy atom. The van der Waals surface area contributed by atoms with Crippen molar-refractivity contribution in [3.05, 3.63) is 35.3 Å². The number of H-pyrrole nitrogens is 1. The molecule has 0 saturated carbocycles. The van der Waals surface area contributed by atoms with Crippen molar-refractivity contribution >= 4 is 22.2 Å². The van der Waals surface area contributed by atoms with Gasteiger partial charge in [-0.2, -0.15) is 0 Å². The maximum absolute atomic E-state index is 5.65. The number of nitrogens with one attached hydrogen (secondary N) is 1. The van der Waals surface area contributed by atoms with Crippen LogP contribution in [0.5, 0.6) is 5.75 Å². The number of aryl methyl sites for hydroxylation is 1. The molecule has 0 spiro atoms. The maximum atomic E-state index is 5.65. The van der Waals surface area contributed by atoms with Gasteiger partial charge in [0, 0.05) is 22.5 Å². The third-order valence-corrected chi connectivity index (χ3v) is 4.51. The predicted molar refractivity (Wildman–Crippen MR) is 92.6 cm³/mol. The lowest BCUT2D eigenvalue weighted by molar-refractivity contribution is 0.340. The molecule has 0 atom stereocenters. The van der Waals surface area contributed by atoms with Crippen LogP contribution in [-0.2, 0) is 6.42 Å². The molecule has 0 saturated heterocycles. The van der Waals surface area contributed by atoms with Crippen molar-refractivity contribution in [3.8, 4) is 16.5 Å². The van der Waals surface area contributed by atoms with Crippen LogP contribution in [0.1, 0.15) is 25.3 Å². The van der Waals surface area contributed by atoms with Crippen LogP contribution in [0.2, 0.25) is 0 Å². The molecule has 3 aromatic rings. The quantitative estimate of drug-likeness (QED) is 0.648. The highest BCUT2D eigenvalue weighted by Crippen LogP contribution is 2.34. The van der Waals surface area contributed by atoms with E-state index in [0.29, 0.717) is 6.61 Å². The van der Waals surface area contributed by atoms with Gasteiger partial charge in [-0.3, -0.25) is 0 Å². The molecule has 4 nitrogen and oxygen atoms in total. The van der Waals surface area contributed by atoms with Gasteiger partial charge in [-0.1, -0.05) is 0 Å². The molecule has 3 N–H and O–H groups in total. The Bertz CT molecular complexity index is 734. The fraction of sp³-hybridized carbons (Fsp3) is 0.353. The van der Waals surface area contributed by atoms with Gasteiger partial charge in [-0.15, -0.1) is 11.3 Å². The minimum Gasteiger partial charge on any atom is -0.494 e. The second kappa shape index (κ2) is 6.94. The second-order valence-corrected chi connectivity index (χ2v) is 6.10. The first-order chi connectivity index (χ1) is 10.8. The Kier molecular flexibility index (Phi) is 4.75. The smallest absolute Gasteiger partial charge is 0.139 e. The third kappa shape index (κ3) is 3.00. The van der Waals surface area contributed by atoms with Crippen LogP contribution in [0.3, 0.4) is 0 Å². The second-order valence-electron chi connectivity index (χ2n) is 5.20. The number of thiazole rings is 1. The van der Waals surface area contributed by atoms with E-state index >= 15 is 0 Å². The number of rotatable bonds is 7. The summed E-state index contributed by atoms with van der Waals surface area (Å²) in [5, 5.41) is 4.28.